The number of hydrogen-bond donors (Lipinski definition) is 0. The Morgan fingerprint density at radius 3 is 2.56 bits per heavy atom. The predicted molar refractivity (Wildman–Crippen MR) is 120 cm³/mol. The van der Waals surface area contributed by atoms with E-state index in [9.17, 15) is 4.79 Å². The number of ether oxygens (including phenoxy) is 3. The summed E-state index contributed by atoms with van der Waals surface area (Å²) in [6.07, 6.45) is 4.66. The molecule has 0 spiro atoms. The lowest BCUT2D eigenvalue weighted by molar-refractivity contribution is 0.0962. The lowest BCUT2D eigenvalue weighted by Gasteiger charge is -2.24. The van der Waals surface area contributed by atoms with Crippen molar-refractivity contribution in [1.29, 1.82) is 0 Å². The molecule has 1 unspecified atom stereocenters. The molecule has 4 aromatic rings. The van der Waals surface area contributed by atoms with Gasteiger partial charge >= 0.3 is 0 Å². The van der Waals surface area contributed by atoms with Crippen LogP contribution in [0.3, 0.4) is 0 Å². The number of carbonyl (C=O) groups excluding carboxylic acids is 1. The third kappa shape index (κ3) is 3.36. The Morgan fingerprint density at radius 1 is 0.938 bits per heavy atom. The van der Waals surface area contributed by atoms with Gasteiger partial charge in [-0.05, 0) is 47.7 Å². The molecule has 0 amide bonds. The van der Waals surface area contributed by atoms with Crippen molar-refractivity contribution in [3.63, 3.8) is 0 Å². The number of hydrogen-bond acceptors (Lipinski definition) is 6. The van der Waals surface area contributed by atoms with Crippen LogP contribution in [0.2, 0.25) is 0 Å². The van der Waals surface area contributed by atoms with E-state index in [1.165, 1.54) is 0 Å². The van der Waals surface area contributed by atoms with E-state index >= 15 is 0 Å². The van der Waals surface area contributed by atoms with Gasteiger partial charge in [0.1, 0.15) is 5.75 Å². The highest BCUT2D eigenvalue weighted by atomic mass is 16.5. The molecular formula is C25H23N3O4. The summed E-state index contributed by atoms with van der Waals surface area (Å²) in [5.41, 5.74) is 5.04. The second-order valence-electron chi connectivity index (χ2n) is 7.80. The van der Waals surface area contributed by atoms with Crippen molar-refractivity contribution in [3.8, 4) is 28.4 Å². The van der Waals surface area contributed by atoms with Gasteiger partial charge in [0.15, 0.2) is 22.9 Å². The standard InChI is InChI=1S/C25H23N3O4/c1-30-18-6-4-5-16(9-18)19-13-26-28-14-20-21(27-25(19)28)10-17(11-22(20)29)15-7-8-23(31-2)24(12-15)32-3/h4-9,12-14,17H,10-11H2,1-3H3. The fourth-order valence-corrected chi connectivity index (χ4v) is 4.31. The fourth-order valence-electron chi connectivity index (χ4n) is 4.31. The highest BCUT2D eigenvalue weighted by Gasteiger charge is 2.29. The zero-order chi connectivity index (χ0) is 22.2. The van der Waals surface area contributed by atoms with E-state index in [1.807, 2.05) is 42.5 Å². The van der Waals surface area contributed by atoms with Crippen molar-refractivity contribution >= 4 is 11.4 Å². The number of aromatic nitrogens is 3. The first-order chi connectivity index (χ1) is 15.6. The largest absolute Gasteiger partial charge is 0.497 e. The maximum Gasteiger partial charge on any atom is 0.166 e. The molecule has 2 aromatic heterocycles. The molecule has 0 fully saturated rings. The van der Waals surface area contributed by atoms with Crippen LogP contribution in [-0.2, 0) is 6.42 Å². The van der Waals surface area contributed by atoms with Crippen LogP contribution in [0.1, 0.15) is 34.0 Å². The number of nitrogens with zero attached hydrogens (tertiary/aromatic N) is 3. The van der Waals surface area contributed by atoms with E-state index in [0.29, 0.717) is 29.9 Å². The lowest BCUT2D eigenvalue weighted by Crippen LogP contribution is -2.21. The number of rotatable bonds is 5. The Labute approximate surface area is 185 Å². The summed E-state index contributed by atoms with van der Waals surface area (Å²) in [5.74, 6) is 2.18. The molecule has 5 rings (SSSR count). The molecule has 7 nitrogen and oxygen atoms in total. The van der Waals surface area contributed by atoms with Crippen LogP contribution in [-0.4, -0.2) is 41.7 Å². The Balaban J connectivity index is 1.55. The third-order valence-electron chi connectivity index (χ3n) is 6.00. The smallest absolute Gasteiger partial charge is 0.166 e. The first-order valence-corrected chi connectivity index (χ1v) is 10.4. The normalized spacial score (nSPS) is 15.5. The van der Waals surface area contributed by atoms with Gasteiger partial charge in [-0.3, -0.25) is 4.79 Å². The molecule has 0 saturated heterocycles. The molecule has 2 heterocycles. The van der Waals surface area contributed by atoms with Crippen LogP contribution < -0.4 is 14.2 Å². The number of fused-ring (bicyclic) bond motifs is 2. The number of Topliss-reactive ketones (excluding diaryl/α,β-unsaturated/α-hetero) is 1. The number of carbonyl (C=O) groups is 1. The second-order valence-corrected chi connectivity index (χ2v) is 7.80. The first-order valence-electron chi connectivity index (χ1n) is 10.4. The molecule has 0 bridgehead atoms. The maximum absolute atomic E-state index is 13.0. The summed E-state index contributed by atoms with van der Waals surface area (Å²) in [4.78, 5) is 17.9. The van der Waals surface area contributed by atoms with Crippen LogP contribution in [0.5, 0.6) is 17.2 Å². The van der Waals surface area contributed by atoms with Gasteiger partial charge in [-0.2, -0.15) is 5.10 Å². The average Bonchev–Trinajstić information content (AvgIpc) is 3.25. The average molecular weight is 429 g/mol. The first kappa shape index (κ1) is 20.1. The molecule has 2 aromatic carbocycles. The summed E-state index contributed by atoms with van der Waals surface area (Å²) in [7, 11) is 4.86. The summed E-state index contributed by atoms with van der Waals surface area (Å²) in [6, 6.07) is 13.6. The van der Waals surface area contributed by atoms with Gasteiger partial charge in [0.2, 0.25) is 0 Å². The van der Waals surface area contributed by atoms with Gasteiger partial charge < -0.3 is 14.2 Å². The van der Waals surface area contributed by atoms with Crippen LogP contribution in [0.25, 0.3) is 16.8 Å². The Hall–Kier alpha value is -3.87. The van der Waals surface area contributed by atoms with Gasteiger partial charge in [-0.1, -0.05) is 18.2 Å². The molecule has 0 radical (unpaired) electrons. The van der Waals surface area contributed by atoms with Gasteiger partial charge in [-0.15, -0.1) is 0 Å². The Morgan fingerprint density at radius 2 is 1.78 bits per heavy atom. The quantitative estimate of drug-likeness (QED) is 0.470. The van der Waals surface area contributed by atoms with Gasteiger partial charge in [0.05, 0.1) is 38.8 Å². The van der Waals surface area contributed by atoms with Crippen molar-refractivity contribution in [3.05, 3.63) is 71.7 Å². The SMILES string of the molecule is COc1cccc(-c2cnn3cc4c(nc23)CC(c2ccc(OC)c(OC)c2)CC4=O)c1. The predicted octanol–water partition coefficient (Wildman–Crippen LogP) is 4.33. The number of methoxy groups -OCH3 is 3. The topological polar surface area (TPSA) is 75.0 Å². The van der Waals surface area contributed by atoms with Gasteiger partial charge in [0.25, 0.3) is 0 Å². The minimum atomic E-state index is 0.0212. The van der Waals surface area contributed by atoms with E-state index in [-0.39, 0.29) is 11.7 Å². The van der Waals surface area contributed by atoms with Crippen LogP contribution in [0.4, 0.5) is 0 Å². The van der Waals surface area contributed by atoms with E-state index in [0.717, 1.165) is 33.8 Å². The summed E-state index contributed by atoms with van der Waals surface area (Å²) < 4.78 is 17.8. The minimum Gasteiger partial charge on any atom is -0.497 e. The highest BCUT2D eigenvalue weighted by Crippen LogP contribution is 2.37. The zero-order valence-corrected chi connectivity index (χ0v) is 18.2. The Bertz CT molecular complexity index is 1330. The van der Waals surface area contributed by atoms with E-state index in [1.54, 1.807) is 38.2 Å². The number of ketones is 1. The fraction of sp³-hybridized carbons (Fsp3) is 0.240. The van der Waals surface area contributed by atoms with E-state index < -0.39 is 0 Å². The van der Waals surface area contributed by atoms with E-state index in [4.69, 9.17) is 19.2 Å². The van der Waals surface area contributed by atoms with Gasteiger partial charge in [0, 0.05) is 18.2 Å². The van der Waals surface area contributed by atoms with E-state index in [2.05, 4.69) is 5.10 Å². The maximum atomic E-state index is 13.0. The molecule has 0 N–H and O–H groups in total. The molecule has 1 aliphatic rings. The van der Waals surface area contributed by atoms with Crippen molar-refractivity contribution in [2.45, 2.75) is 18.8 Å². The Kier molecular flexibility index (Phi) is 5.01. The monoisotopic (exact) mass is 429 g/mol. The zero-order valence-electron chi connectivity index (χ0n) is 18.2. The molecule has 32 heavy (non-hydrogen) atoms. The van der Waals surface area contributed by atoms with Crippen molar-refractivity contribution in [2.24, 2.45) is 0 Å². The van der Waals surface area contributed by atoms with Crippen LogP contribution in [0, 0.1) is 0 Å². The highest BCUT2D eigenvalue weighted by molar-refractivity contribution is 5.99. The molecule has 0 aliphatic heterocycles. The lowest BCUT2D eigenvalue weighted by atomic mass is 9.82. The molecule has 1 aliphatic carbocycles. The van der Waals surface area contributed by atoms with Crippen LogP contribution >= 0.6 is 0 Å². The van der Waals surface area contributed by atoms with Gasteiger partial charge in [-0.25, -0.2) is 9.50 Å². The molecular weight excluding hydrogens is 406 g/mol. The third-order valence-corrected chi connectivity index (χ3v) is 6.00. The van der Waals surface area contributed by atoms with Crippen molar-refractivity contribution < 1.29 is 19.0 Å². The minimum absolute atomic E-state index is 0.0212. The number of benzene rings is 2. The molecule has 162 valence electrons. The van der Waals surface area contributed by atoms with Crippen molar-refractivity contribution in [2.75, 3.05) is 21.3 Å². The summed E-state index contributed by atoms with van der Waals surface area (Å²) in [6.45, 7) is 0. The summed E-state index contributed by atoms with van der Waals surface area (Å²) in [5, 5.41) is 4.44. The molecule has 0 saturated carbocycles. The molecule has 1 atom stereocenters. The molecule has 7 heteroatoms. The summed E-state index contributed by atoms with van der Waals surface area (Å²) >= 11 is 0. The van der Waals surface area contributed by atoms with Crippen LogP contribution in [0.15, 0.2) is 54.9 Å². The second kappa shape index (κ2) is 8.00. The van der Waals surface area contributed by atoms with Crippen molar-refractivity contribution in [1.82, 2.24) is 14.6 Å².